The number of halogens is 1. The third-order valence-electron chi connectivity index (χ3n) is 3.24. The standard InChI is InChI=1S/C16H18BrN3O/c1-20(14-6-4-3-5-12(14)16(18)19)10-11-7-8-15(21-2)13(17)9-11/h3-9H,10H2,1-2H3,(H3,18,19). The molecule has 21 heavy (non-hydrogen) atoms. The molecule has 0 fully saturated rings. The maximum atomic E-state index is 7.66. The molecule has 0 atom stereocenters. The first-order valence-electron chi connectivity index (χ1n) is 6.50. The molecule has 0 unspecified atom stereocenters. The van der Waals surface area contributed by atoms with Crippen molar-refractivity contribution in [2.24, 2.45) is 5.73 Å². The minimum atomic E-state index is 0.0772. The Labute approximate surface area is 133 Å². The molecular formula is C16H18BrN3O. The van der Waals surface area contributed by atoms with Gasteiger partial charge in [0.05, 0.1) is 11.6 Å². The van der Waals surface area contributed by atoms with Crippen molar-refractivity contribution in [2.75, 3.05) is 19.1 Å². The van der Waals surface area contributed by atoms with E-state index < -0.39 is 0 Å². The number of nitrogens with zero attached hydrogens (tertiary/aromatic N) is 1. The normalized spacial score (nSPS) is 10.2. The molecule has 2 aromatic carbocycles. The summed E-state index contributed by atoms with van der Waals surface area (Å²) in [5.41, 5.74) is 8.47. The Balaban J connectivity index is 2.24. The Hall–Kier alpha value is -2.01. The second-order valence-corrected chi connectivity index (χ2v) is 5.61. The summed E-state index contributed by atoms with van der Waals surface area (Å²) in [5, 5.41) is 7.66. The topological polar surface area (TPSA) is 62.3 Å². The molecule has 2 aromatic rings. The van der Waals surface area contributed by atoms with E-state index >= 15 is 0 Å². The van der Waals surface area contributed by atoms with Crippen LogP contribution < -0.4 is 15.4 Å². The van der Waals surface area contributed by atoms with Gasteiger partial charge in [0.15, 0.2) is 0 Å². The predicted molar refractivity (Wildman–Crippen MR) is 90.3 cm³/mol. The Kier molecular flexibility index (Phi) is 4.85. The lowest BCUT2D eigenvalue weighted by Gasteiger charge is -2.22. The number of rotatable bonds is 5. The number of hydrogen-bond donors (Lipinski definition) is 2. The van der Waals surface area contributed by atoms with Gasteiger partial charge in [-0.1, -0.05) is 18.2 Å². The lowest BCUT2D eigenvalue weighted by atomic mass is 10.1. The van der Waals surface area contributed by atoms with Crippen molar-refractivity contribution < 1.29 is 4.74 Å². The van der Waals surface area contributed by atoms with Crippen LogP contribution in [0, 0.1) is 5.41 Å². The molecule has 0 amide bonds. The molecule has 0 saturated heterocycles. The van der Waals surface area contributed by atoms with Crippen molar-refractivity contribution in [3.05, 3.63) is 58.1 Å². The molecular weight excluding hydrogens is 330 g/mol. The molecule has 0 bridgehead atoms. The Morgan fingerprint density at radius 2 is 2.00 bits per heavy atom. The number of anilines is 1. The number of nitrogen functional groups attached to an aromatic ring is 1. The summed E-state index contributed by atoms with van der Waals surface area (Å²) >= 11 is 3.49. The number of ether oxygens (including phenoxy) is 1. The minimum Gasteiger partial charge on any atom is -0.496 e. The molecule has 3 N–H and O–H groups in total. The van der Waals surface area contributed by atoms with Crippen LogP contribution in [-0.4, -0.2) is 20.0 Å². The molecule has 0 spiro atoms. The summed E-state index contributed by atoms with van der Waals surface area (Å²) in [7, 11) is 3.63. The van der Waals surface area contributed by atoms with Crippen molar-refractivity contribution in [1.29, 1.82) is 5.41 Å². The molecule has 0 aromatic heterocycles. The first-order chi connectivity index (χ1) is 10.0. The Morgan fingerprint density at radius 1 is 1.29 bits per heavy atom. The summed E-state index contributed by atoms with van der Waals surface area (Å²) < 4.78 is 6.16. The quantitative estimate of drug-likeness (QED) is 0.643. The minimum absolute atomic E-state index is 0.0772. The van der Waals surface area contributed by atoms with Crippen molar-refractivity contribution in [2.45, 2.75) is 6.54 Å². The molecule has 0 aliphatic carbocycles. The van der Waals surface area contributed by atoms with Crippen molar-refractivity contribution in [1.82, 2.24) is 0 Å². The zero-order valence-corrected chi connectivity index (χ0v) is 13.6. The van der Waals surface area contributed by atoms with Crippen LogP contribution in [0.4, 0.5) is 5.69 Å². The number of benzene rings is 2. The van der Waals surface area contributed by atoms with Gasteiger partial charge in [-0.15, -0.1) is 0 Å². The lowest BCUT2D eigenvalue weighted by Crippen LogP contribution is -2.21. The number of nitrogens with two attached hydrogens (primary N) is 1. The van der Waals surface area contributed by atoms with Gasteiger partial charge in [-0.2, -0.15) is 0 Å². The van der Waals surface area contributed by atoms with Gasteiger partial charge < -0.3 is 15.4 Å². The van der Waals surface area contributed by atoms with E-state index in [9.17, 15) is 0 Å². The molecule has 110 valence electrons. The van der Waals surface area contributed by atoms with Gasteiger partial charge >= 0.3 is 0 Å². The smallest absolute Gasteiger partial charge is 0.133 e. The number of hydrogen-bond acceptors (Lipinski definition) is 3. The van der Waals surface area contributed by atoms with Crippen LogP contribution in [0.3, 0.4) is 0 Å². The summed E-state index contributed by atoms with van der Waals surface area (Å²) in [5.74, 6) is 0.888. The van der Waals surface area contributed by atoms with Crippen LogP contribution in [0.1, 0.15) is 11.1 Å². The average Bonchev–Trinajstić information content (AvgIpc) is 2.47. The van der Waals surface area contributed by atoms with Crippen LogP contribution in [0.15, 0.2) is 46.9 Å². The van der Waals surface area contributed by atoms with E-state index in [0.29, 0.717) is 6.54 Å². The molecule has 0 saturated carbocycles. The Bertz CT molecular complexity index is 658. The maximum Gasteiger partial charge on any atom is 0.133 e. The SMILES string of the molecule is COc1ccc(CN(C)c2ccccc2C(=N)N)cc1Br. The van der Waals surface area contributed by atoms with Gasteiger partial charge in [-0.3, -0.25) is 5.41 Å². The summed E-state index contributed by atoms with van der Waals surface area (Å²) in [6, 6.07) is 13.7. The number of nitrogens with one attached hydrogen (secondary N) is 1. The van der Waals surface area contributed by atoms with E-state index in [-0.39, 0.29) is 5.84 Å². The van der Waals surface area contributed by atoms with Gasteiger partial charge in [0.1, 0.15) is 11.6 Å². The molecule has 5 heteroatoms. The number of para-hydroxylation sites is 1. The largest absolute Gasteiger partial charge is 0.496 e. The number of methoxy groups -OCH3 is 1. The van der Waals surface area contributed by atoms with Gasteiger partial charge in [-0.25, -0.2) is 0 Å². The third-order valence-corrected chi connectivity index (χ3v) is 3.86. The fourth-order valence-corrected chi connectivity index (χ4v) is 2.79. The highest BCUT2D eigenvalue weighted by Crippen LogP contribution is 2.27. The predicted octanol–water partition coefficient (Wildman–Crippen LogP) is 3.38. The van der Waals surface area contributed by atoms with Crippen LogP contribution in [-0.2, 0) is 6.54 Å². The van der Waals surface area contributed by atoms with Crippen LogP contribution in [0.2, 0.25) is 0 Å². The highest BCUT2D eigenvalue weighted by atomic mass is 79.9. The first kappa shape index (κ1) is 15.4. The van der Waals surface area contributed by atoms with E-state index in [1.165, 1.54) is 0 Å². The zero-order chi connectivity index (χ0) is 15.4. The maximum absolute atomic E-state index is 7.66. The van der Waals surface area contributed by atoms with Crippen LogP contribution >= 0.6 is 15.9 Å². The lowest BCUT2D eigenvalue weighted by molar-refractivity contribution is 0.412. The number of amidine groups is 1. The average molecular weight is 348 g/mol. The highest BCUT2D eigenvalue weighted by Gasteiger charge is 2.10. The third kappa shape index (κ3) is 3.55. The molecule has 0 aliphatic rings. The van der Waals surface area contributed by atoms with Gasteiger partial charge in [0, 0.05) is 24.8 Å². The fraction of sp³-hybridized carbons (Fsp3) is 0.188. The fourth-order valence-electron chi connectivity index (χ4n) is 2.20. The molecule has 0 aliphatic heterocycles. The Morgan fingerprint density at radius 3 is 2.62 bits per heavy atom. The highest BCUT2D eigenvalue weighted by molar-refractivity contribution is 9.10. The monoisotopic (exact) mass is 347 g/mol. The van der Waals surface area contributed by atoms with E-state index in [1.807, 2.05) is 49.5 Å². The van der Waals surface area contributed by atoms with Crippen LogP contribution in [0.5, 0.6) is 5.75 Å². The molecule has 0 radical (unpaired) electrons. The van der Waals surface area contributed by atoms with Gasteiger partial charge in [0.2, 0.25) is 0 Å². The summed E-state index contributed by atoms with van der Waals surface area (Å²) in [6.07, 6.45) is 0. The van der Waals surface area contributed by atoms with E-state index in [1.54, 1.807) is 7.11 Å². The first-order valence-corrected chi connectivity index (χ1v) is 7.29. The van der Waals surface area contributed by atoms with E-state index in [2.05, 4.69) is 20.8 Å². The summed E-state index contributed by atoms with van der Waals surface area (Å²) in [4.78, 5) is 2.07. The van der Waals surface area contributed by atoms with Crippen molar-refractivity contribution >= 4 is 27.5 Å². The molecule has 0 heterocycles. The van der Waals surface area contributed by atoms with E-state index in [0.717, 1.165) is 27.0 Å². The summed E-state index contributed by atoms with van der Waals surface area (Å²) in [6.45, 7) is 0.715. The molecule has 4 nitrogen and oxygen atoms in total. The zero-order valence-electron chi connectivity index (χ0n) is 12.1. The second-order valence-electron chi connectivity index (χ2n) is 4.76. The van der Waals surface area contributed by atoms with Gasteiger partial charge in [-0.05, 0) is 45.8 Å². The molecule has 2 rings (SSSR count). The van der Waals surface area contributed by atoms with Crippen molar-refractivity contribution in [3.63, 3.8) is 0 Å². The van der Waals surface area contributed by atoms with Gasteiger partial charge in [0.25, 0.3) is 0 Å². The van der Waals surface area contributed by atoms with Crippen molar-refractivity contribution in [3.8, 4) is 5.75 Å². The van der Waals surface area contributed by atoms with E-state index in [4.69, 9.17) is 15.9 Å². The van der Waals surface area contributed by atoms with Crippen LogP contribution in [0.25, 0.3) is 0 Å². The second kappa shape index (κ2) is 6.63.